The molecule has 0 radical (unpaired) electrons. The minimum atomic E-state index is -0.198. The minimum Gasteiger partial charge on any atom is -0.497 e. The number of ether oxygens (including phenoxy) is 1. The number of hydrogen-bond acceptors (Lipinski definition) is 3. The third kappa shape index (κ3) is 3.42. The van der Waals surface area contributed by atoms with E-state index >= 15 is 0 Å². The summed E-state index contributed by atoms with van der Waals surface area (Å²) in [6.45, 7) is 8.04. The highest BCUT2D eigenvalue weighted by atomic mass is 16.5. The fraction of sp³-hybridized carbons (Fsp3) is 0.375. The number of aryl methyl sites for hydroxylation is 1. The van der Waals surface area contributed by atoms with Crippen LogP contribution >= 0.6 is 0 Å². The van der Waals surface area contributed by atoms with Gasteiger partial charge in [0.05, 0.1) is 18.3 Å². The summed E-state index contributed by atoms with van der Waals surface area (Å²) in [7, 11) is 1.60. The highest BCUT2D eigenvalue weighted by Gasteiger charge is 2.20. The molecule has 2 rings (SSSR count). The second kappa shape index (κ2) is 5.60. The van der Waals surface area contributed by atoms with E-state index < -0.39 is 0 Å². The first-order valence-corrected chi connectivity index (χ1v) is 6.84. The summed E-state index contributed by atoms with van der Waals surface area (Å²) in [4.78, 5) is 12.3. The Morgan fingerprint density at radius 1 is 1.24 bits per heavy atom. The van der Waals surface area contributed by atoms with Gasteiger partial charge in [0, 0.05) is 11.6 Å². The maximum absolute atomic E-state index is 12.3. The highest BCUT2D eigenvalue weighted by Crippen LogP contribution is 2.22. The quantitative estimate of drug-likeness (QED) is 0.943. The van der Waals surface area contributed by atoms with Crippen LogP contribution in [0.15, 0.2) is 30.3 Å². The van der Waals surface area contributed by atoms with Gasteiger partial charge in [0.2, 0.25) is 0 Å². The van der Waals surface area contributed by atoms with Crippen molar-refractivity contribution in [1.82, 2.24) is 9.78 Å². The Kier molecular flexibility index (Phi) is 4.02. The Labute approximate surface area is 124 Å². The molecule has 0 aliphatic heterocycles. The molecule has 1 aromatic carbocycles. The Bertz CT molecular complexity index is 637. The molecule has 0 aliphatic rings. The Balaban J connectivity index is 2.23. The molecule has 1 N–H and O–H groups in total. The highest BCUT2D eigenvalue weighted by molar-refractivity contribution is 6.03. The number of nitrogens with zero attached hydrogens (tertiary/aromatic N) is 2. The standard InChI is InChI=1S/C16H21N3O2/c1-11-10-14(19(18-11)16(2,3)4)17-15(20)12-6-8-13(21-5)9-7-12/h6-10H,1-5H3,(H,17,20). The molecule has 0 saturated carbocycles. The number of carbonyl (C=O) groups is 1. The van der Waals surface area contributed by atoms with E-state index in [0.29, 0.717) is 11.4 Å². The van der Waals surface area contributed by atoms with Gasteiger partial charge in [0.1, 0.15) is 11.6 Å². The monoisotopic (exact) mass is 287 g/mol. The number of hydrogen-bond donors (Lipinski definition) is 1. The molecule has 0 saturated heterocycles. The van der Waals surface area contributed by atoms with Gasteiger partial charge in [-0.3, -0.25) is 4.79 Å². The van der Waals surface area contributed by atoms with Gasteiger partial charge in [-0.05, 0) is 52.0 Å². The molecule has 0 bridgehead atoms. The smallest absolute Gasteiger partial charge is 0.256 e. The first kappa shape index (κ1) is 15.1. The van der Waals surface area contributed by atoms with E-state index in [0.717, 1.165) is 11.4 Å². The molecule has 0 spiro atoms. The molecule has 5 nitrogen and oxygen atoms in total. The van der Waals surface area contributed by atoms with Crippen LogP contribution in [0.4, 0.5) is 5.82 Å². The zero-order valence-corrected chi connectivity index (χ0v) is 13.1. The topological polar surface area (TPSA) is 56.1 Å². The van der Waals surface area contributed by atoms with Gasteiger partial charge in [0.15, 0.2) is 0 Å². The van der Waals surface area contributed by atoms with Crippen LogP contribution in [0.5, 0.6) is 5.75 Å². The summed E-state index contributed by atoms with van der Waals surface area (Å²) >= 11 is 0. The summed E-state index contributed by atoms with van der Waals surface area (Å²) in [5.41, 5.74) is 1.25. The van der Waals surface area contributed by atoms with Gasteiger partial charge in [-0.25, -0.2) is 4.68 Å². The molecule has 0 unspecified atom stereocenters. The lowest BCUT2D eigenvalue weighted by molar-refractivity contribution is 0.102. The number of aromatic nitrogens is 2. The van der Waals surface area contributed by atoms with E-state index in [4.69, 9.17) is 4.74 Å². The zero-order valence-electron chi connectivity index (χ0n) is 13.1. The van der Waals surface area contributed by atoms with Crippen LogP contribution in [0.1, 0.15) is 36.8 Å². The third-order valence-corrected chi connectivity index (χ3v) is 3.06. The molecule has 1 amide bonds. The summed E-state index contributed by atoms with van der Waals surface area (Å²) in [6.07, 6.45) is 0. The number of carbonyl (C=O) groups excluding carboxylic acids is 1. The van der Waals surface area contributed by atoms with Crippen molar-refractivity contribution in [1.29, 1.82) is 0 Å². The summed E-state index contributed by atoms with van der Waals surface area (Å²) < 4.78 is 6.91. The van der Waals surface area contributed by atoms with Crippen molar-refractivity contribution < 1.29 is 9.53 Å². The summed E-state index contributed by atoms with van der Waals surface area (Å²) in [5.74, 6) is 1.26. The average molecular weight is 287 g/mol. The summed E-state index contributed by atoms with van der Waals surface area (Å²) in [5, 5.41) is 7.35. The maximum Gasteiger partial charge on any atom is 0.256 e. The number of nitrogens with one attached hydrogen (secondary N) is 1. The van der Waals surface area contributed by atoms with Crippen molar-refractivity contribution in [3.05, 3.63) is 41.6 Å². The van der Waals surface area contributed by atoms with E-state index in [1.165, 1.54) is 0 Å². The van der Waals surface area contributed by atoms with Crippen molar-refractivity contribution >= 4 is 11.7 Å². The first-order valence-electron chi connectivity index (χ1n) is 6.84. The second-order valence-corrected chi connectivity index (χ2v) is 5.94. The average Bonchev–Trinajstić information content (AvgIpc) is 2.79. The van der Waals surface area contributed by atoms with E-state index in [9.17, 15) is 4.79 Å². The van der Waals surface area contributed by atoms with Crippen LogP contribution in [0.3, 0.4) is 0 Å². The van der Waals surface area contributed by atoms with Gasteiger partial charge >= 0.3 is 0 Å². The lowest BCUT2D eigenvalue weighted by Gasteiger charge is -2.22. The van der Waals surface area contributed by atoms with Gasteiger partial charge in [-0.15, -0.1) is 0 Å². The first-order chi connectivity index (χ1) is 9.81. The number of amides is 1. The van der Waals surface area contributed by atoms with Crippen LogP contribution < -0.4 is 10.1 Å². The lowest BCUT2D eigenvalue weighted by atomic mass is 10.1. The minimum absolute atomic E-state index is 0.164. The molecule has 0 atom stereocenters. The molecule has 0 aliphatic carbocycles. The van der Waals surface area contributed by atoms with Gasteiger partial charge < -0.3 is 10.1 Å². The van der Waals surface area contributed by atoms with Crippen molar-refractivity contribution in [2.24, 2.45) is 0 Å². The molecule has 0 fully saturated rings. The van der Waals surface area contributed by atoms with Gasteiger partial charge in [-0.2, -0.15) is 5.10 Å². The third-order valence-electron chi connectivity index (χ3n) is 3.06. The van der Waals surface area contributed by atoms with Gasteiger partial charge in [0.25, 0.3) is 5.91 Å². The van der Waals surface area contributed by atoms with Crippen molar-refractivity contribution in [2.45, 2.75) is 33.2 Å². The summed E-state index contributed by atoms with van der Waals surface area (Å²) in [6, 6.07) is 8.87. The van der Waals surface area contributed by atoms with E-state index in [-0.39, 0.29) is 11.4 Å². The van der Waals surface area contributed by atoms with Crippen LogP contribution in [-0.4, -0.2) is 22.8 Å². The normalized spacial score (nSPS) is 11.3. The Morgan fingerprint density at radius 2 is 1.86 bits per heavy atom. The fourth-order valence-electron chi connectivity index (χ4n) is 2.03. The Hall–Kier alpha value is -2.30. The number of benzene rings is 1. The van der Waals surface area contributed by atoms with Gasteiger partial charge in [-0.1, -0.05) is 0 Å². The number of rotatable bonds is 3. The predicted octanol–water partition coefficient (Wildman–Crippen LogP) is 3.21. The van der Waals surface area contributed by atoms with E-state index in [1.54, 1.807) is 31.4 Å². The SMILES string of the molecule is COc1ccc(C(=O)Nc2cc(C)nn2C(C)(C)C)cc1. The van der Waals surface area contributed by atoms with Crippen molar-refractivity contribution in [2.75, 3.05) is 12.4 Å². The molecule has 2 aromatic rings. The molecule has 1 heterocycles. The zero-order chi connectivity index (χ0) is 15.6. The molecule has 112 valence electrons. The van der Waals surface area contributed by atoms with E-state index in [2.05, 4.69) is 10.4 Å². The van der Waals surface area contributed by atoms with Crippen LogP contribution in [0, 0.1) is 6.92 Å². The van der Waals surface area contributed by atoms with Crippen LogP contribution in [-0.2, 0) is 5.54 Å². The molecule has 1 aromatic heterocycles. The largest absolute Gasteiger partial charge is 0.497 e. The molecular weight excluding hydrogens is 266 g/mol. The maximum atomic E-state index is 12.3. The molecular formula is C16H21N3O2. The van der Waals surface area contributed by atoms with Crippen molar-refractivity contribution in [3.63, 3.8) is 0 Å². The lowest BCUT2D eigenvalue weighted by Crippen LogP contribution is -2.26. The fourth-order valence-corrected chi connectivity index (χ4v) is 2.03. The molecule has 5 heteroatoms. The molecule has 21 heavy (non-hydrogen) atoms. The van der Waals surface area contributed by atoms with Crippen molar-refractivity contribution in [3.8, 4) is 5.75 Å². The predicted molar refractivity (Wildman–Crippen MR) is 82.9 cm³/mol. The number of methoxy groups -OCH3 is 1. The Morgan fingerprint density at radius 3 is 2.38 bits per heavy atom. The van der Waals surface area contributed by atoms with E-state index in [1.807, 2.05) is 38.4 Å². The van der Waals surface area contributed by atoms with Crippen LogP contribution in [0.2, 0.25) is 0 Å². The second-order valence-electron chi connectivity index (χ2n) is 5.94. The number of anilines is 1. The van der Waals surface area contributed by atoms with Crippen LogP contribution in [0.25, 0.3) is 0 Å².